The lowest BCUT2D eigenvalue weighted by molar-refractivity contribution is -0.0415. The van der Waals surface area contributed by atoms with Crippen LogP contribution >= 0.6 is 0 Å². The zero-order valence-electron chi connectivity index (χ0n) is 16.9. The summed E-state index contributed by atoms with van der Waals surface area (Å²) in [6.07, 6.45) is 6.55. The quantitative estimate of drug-likeness (QED) is 0.762. The second kappa shape index (κ2) is 7.36. The first kappa shape index (κ1) is 19.2. The largest absolute Gasteiger partial charge is 0.465 e. The molecule has 2 aromatic rings. The van der Waals surface area contributed by atoms with E-state index < -0.39 is 5.60 Å². The molecule has 0 aromatic heterocycles. The maximum atomic E-state index is 12.1. The third kappa shape index (κ3) is 3.06. The summed E-state index contributed by atoms with van der Waals surface area (Å²) in [5.41, 5.74) is 3.92. The molecule has 1 unspecified atom stereocenters. The van der Waals surface area contributed by atoms with Crippen LogP contribution in [-0.2, 0) is 16.6 Å². The molecule has 4 rings (SSSR count). The molecule has 0 aliphatic heterocycles. The van der Waals surface area contributed by atoms with Crippen LogP contribution in [0.5, 0.6) is 0 Å². The molecular weight excluding hydrogens is 348 g/mol. The number of fused-ring (bicyclic) bond motifs is 3. The Morgan fingerprint density at radius 3 is 2.68 bits per heavy atom. The molecule has 3 heteroatoms. The Labute approximate surface area is 167 Å². The maximum absolute atomic E-state index is 12.1. The topological polar surface area (TPSA) is 46.5 Å². The van der Waals surface area contributed by atoms with E-state index in [-0.39, 0.29) is 11.4 Å². The van der Waals surface area contributed by atoms with Gasteiger partial charge in [0.1, 0.15) is 0 Å². The van der Waals surface area contributed by atoms with Crippen molar-refractivity contribution in [1.82, 2.24) is 0 Å². The van der Waals surface area contributed by atoms with Crippen LogP contribution in [0, 0.1) is 5.92 Å². The smallest absolute Gasteiger partial charge is 0.337 e. The molecule has 3 atom stereocenters. The van der Waals surface area contributed by atoms with Crippen LogP contribution in [0.3, 0.4) is 0 Å². The van der Waals surface area contributed by atoms with E-state index in [9.17, 15) is 9.90 Å². The molecule has 2 aromatic carbocycles. The molecule has 0 heterocycles. The normalized spacial score (nSPS) is 29.3. The van der Waals surface area contributed by atoms with Crippen molar-refractivity contribution in [3.05, 3.63) is 70.8 Å². The van der Waals surface area contributed by atoms with Crippen molar-refractivity contribution >= 4 is 5.97 Å². The molecule has 2 aliphatic carbocycles. The molecule has 0 saturated heterocycles. The first-order valence-electron chi connectivity index (χ1n) is 10.5. The van der Waals surface area contributed by atoms with Gasteiger partial charge >= 0.3 is 5.97 Å². The fraction of sp³-hybridized carbons (Fsp3) is 0.480. The van der Waals surface area contributed by atoms with E-state index in [0.717, 1.165) is 44.9 Å². The monoisotopic (exact) mass is 378 g/mol. The number of benzene rings is 2. The van der Waals surface area contributed by atoms with Crippen molar-refractivity contribution < 1.29 is 14.6 Å². The van der Waals surface area contributed by atoms with Gasteiger partial charge in [-0.15, -0.1) is 0 Å². The van der Waals surface area contributed by atoms with Crippen LogP contribution in [0.2, 0.25) is 0 Å². The van der Waals surface area contributed by atoms with E-state index in [1.54, 1.807) is 0 Å². The van der Waals surface area contributed by atoms with Crippen molar-refractivity contribution in [3.63, 3.8) is 0 Å². The Kier molecular flexibility index (Phi) is 5.05. The Morgan fingerprint density at radius 2 is 1.96 bits per heavy atom. The number of carbonyl (C=O) groups is 1. The van der Waals surface area contributed by atoms with Crippen molar-refractivity contribution in [2.45, 2.75) is 62.9 Å². The van der Waals surface area contributed by atoms with E-state index in [1.807, 2.05) is 12.1 Å². The van der Waals surface area contributed by atoms with Gasteiger partial charge in [0.25, 0.3) is 0 Å². The third-order valence-corrected chi connectivity index (χ3v) is 7.26. The molecule has 0 bridgehead atoms. The van der Waals surface area contributed by atoms with Crippen molar-refractivity contribution in [3.8, 4) is 0 Å². The summed E-state index contributed by atoms with van der Waals surface area (Å²) in [7, 11) is 1.43. The number of esters is 1. The molecule has 2 aliphatic rings. The highest BCUT2D eigenvalue weighted by molar-refractivity contribution is 5.89. The average Bonchev–Trinajstić information content (AvgIpc) is 2.90. The van der Waals surface area contributed by atoms with Gasteiger partial charge in [-0.3, -0.25) is 0 Å². The number of rotatable bonds is 3. The zero-order valence-corrected chi connectivity index (χ0v) is 16.9. The molecule has 3 nitrogen and oxygen atoms in total. The first-order valence-corrected chi connectivity index (χ1v) is 10.5. The van der Waals surface area contributed by atoms with E-state index in [0.29, 0.717) is 11.5 Å². The summed E-state index contributed by atoms with van der Waals surface area (Å²) >= 11 is 0. The number of carbonyl (C=O) groups excluding carboxylic acids is 1. The van der Waals surface area contributed by atoms with Gasteiger partial charge in [0, 0.05) is 5.41 Å². The number of aryl methyl sites for hydroxylation is 1. The molecule has 0 radical (unpaired) electrons. The molecule has 148 valence electrons. The Hall–Kier alpha value is -2.13. The molecule has 1 saturated carbocycles. The third-order valence-electron chi connectivity index (χ3n) is 7.26. The van der Waals surface area contributed by atoms with Crippen LogP contribution in [0.25, 0.3) is 0 Å². The SMILES string of the molecule is CC[C@@]1(O)CCC2(c3ccccc3)c3ccc(C(=O)OC)cc3CCC[C@H]2C1. The predicted octanol–water partition coefficient (Wildman–Crippen LogP) is 5.04. The summed E-state index contributed by atoms with van der Waals surface area (Å²) in [6.45, 7) is 2.10. The van der Waals surface area contributed by atoms with Crippen LogP contribution in [0.1, 0.15) is 72.5 Å². The van der Waals surface area contributed by atoms with Crippen molar-refractivity contribution in [2.24, 2.45) is 5.92 Å². The highest BCUT2D eigenvalue weighted by atomic mass is 16.5. The number of methoxy groups -OCH3 is 1. The lowest BCUT2D eigenvalue weighted by atomic mass is 9.55. The number of hydrogen-bond acceptors (Lipinski definition) is 3. The molecule has 0 amide bonds. The lowest BCUT2D eigenvalue weighted by Crippen LogP contribution is -2.48. The Morgan fingerprint density at radius 1 is 1.18 bits per heavy atom. The minimum atomic E-state index is -0.556. The van der Waals surface area contributed by atoms with Crippen molar-refractivity contribution in [1.29, 1.82) is 0 Å². The summed E-state index contributed by atoms with van der Waals surface area (Å²) in [5.74, 6) is 0.125. The van der Waals surface area contributed by atoms with E-state index in [1.165, 1.54) is 23.8 Å². The minimum Gasteiger partial charge on any atom is -0.465 e. The van der Waals surface area contributed by atoms with Gasteiger partial charge in [0.15, 0.2) is 0 Å². The average molecular weight is 379 g/mol. The summed E-state index contributed by atoms with van der Waals surface area (Å²) in [4.78, 5) is 12.1. The van der Waals surface area contributed by atoms with Gasteiger partial charge in [-0.1, -0.05) is 43.3 Å². The minimum absolute atomic E-state index is 0.0941. The number of hydrogen-bond donors (Lipinski definition) is 1. The molecule has 28 heavy (non-hydrogen) atoms. The van der Waals surface area contributed by atoms with E-state index >= 15 is 0 Å². The second-order valence-electron chi connectivity index (χ2n) is 8.57. The van der Waals surface area contributed by atoms with Crippen LogP contribution in [-0.4, -0.2) is 23.8 Å². The Balaban J connectivity index is 1.89. The zero-order chi connectivity index (χ0) is 19.8. The van der Waals surface area contributed by atoms with Gasteiger partial charge in [0.2, 0.25) is 0 Å². The van der Waals surface area contributed by atoms with Gasteiger partial charge in [-0.25, -0.2) is 4.79 Å². The van der Waals surface area contributed by atoms with E-state index in [4.69, 9.17) is 4.74 Å². The second-order valence-corrected chi connectivity index (χ2v) is 8.57. The van der Waals surface area contributed by atoms with Gasteiger partial charge in [-0.05, 0) is 79.7 Å². The Bertz CT molecular complexity index is 859. The van der Waals surface area contributed by atoms with Crippen molar-refractivity contribution in [2.75, 3.05) is 7.11 Å². The fourth-order valence-corrected chi connectivity index (χ4v) is 5.68. The van der Waals surface area contributed by atoms with Gasteiger partial charge in [-0.2, -0.15) is 0 Å². The number of aliphatic hydroxyl groups is 1. The van der Waals surface area contributed by atoms with Gasteiger partial charge < -0.3 is 9.84 Å². The molecule has 1 fully saturated rings. The molecule has 1 N–H and O–H groups in total. The summed E-state index contributed by atoms with van der Waals surface area (Å²) in [5, 5.41) is 11.1. The maximum Gasteiger partial charge on any atom is 0.337 e. The highest BCUT2D eigenvalue weighted by Gasteiger charge is 2.51. The molecular formula is C25H30O3. The predicted molar refractivity (Wildman–Crippen MR) is 111 cm³/mol. The van der Waals surface area contributed by atoms with Crippen LogP contribution in [0.4, 0.5) is 0 Å². The summed E-state index contributed by atoms with van der Waals surface area (Å²) < 4.78 is 4.94. The fourth-order valence-electron chi connectivity index (χ4n) is 5.68. The van der Waals surface area contributed by atoms with Crippen LogP contribution < -0.4 is 0 Å². The lowest BCUT2D eigenvalue weighted by Gasteiger charge is -2.50. The van der Waals surface area contributed by atoms with E-state index in [2.05, 4.69) is 43.3 Å². The van der Waals surface area contributed by atoms with Gasteiger partial charge in [0.05, 0.1) is 18.3 Å². The number of ether oxygens (including phenoxy) is 1. The molecule has 0 spiro atoms. The van der Waals surface area contributed by atoms with Crippen LogP contribution in [0.15, 0.2) is 48.5 Å². The first-order chi connectivity index (χ1) is 13.5. The highest BCUT2D eigenvalue weighted by Crippen LogP contribution is 2.55. The standard InChI is InChI=1S/C25H30O3/c1-3-24(27)14-15-25(20-9-5-4-6-10-20)21(17-24)11-7-8-18-16-19(23(26)28-2)12-13-22(18)25/h4-6,9-10,12-13,16,21,27H,3,7-8,11,14-15,17H2,1-2H3/t21-,24+,25?/m0/s1. The summed E-state index contributed by atoms with van der Waals surface area (Å²) in [6, 6.07) is 16.9.